The Morgan fingerprint density at radius 2 is 2.04 bits per heavy atom. The zero-order valence-electron chi connectivity index (χ0n) is 13.2. The van der Waals surface area contributed by atoms with E-state index in [1.807, 2.05) is 11.9 Å². The fourth-order valence-electron chi connectivity index (χ4n) is 2.46. The van der Waals surface area contributed by atoms with Gasteiger partial charge in [0.15, 0.2) is 0 Å². The van der Waals surface area contributed by atoms with Crippen LogP contribution in [0, 0.1) is 0 Å². The Morgan fingerprint density at radius 3 is 2.76 bits per heavy atom. The molecule has 132 valence electrons. The number of sulfonamides is 1. The van der Waals surface area contributed by atoms with Crippen LogP contribution in [0.4, 0.5) is 11.4 Å². The standard InChI is InChI=1S/C16H15ClN2O5S/c1-19-6-7-24-15-5-3-11(9-14(15)19)25(22,23)18-10-2-4-13(17)12(8-10)16(20)21/h2-5,8-9,18H,6-7H2,1H3,(H,20,21). The van der Waals surface area contributed by atoms with E-state index < -0.39 is 16.0 Å². The van der Waals surface area contributed by atoms with E-state index in [2.05, 4.69) is 4.72 Å². The molecule has 25 heavy (non-hydrogen) atoms. The molecule has 0 bridgehead atoms. The molecule has 0 radical (unpaired) electrons. The van der Waals surface area contributed by atoms with E-state index in [-0.39, 0.29) is 21.2 Å². The summed E-state index contributed by atoms with van der Waals surface area (Å²) in [4.78, 5) is 13.1. The molecule has 7 nitrogen and oxygen atoms in total. The lowest BCUT2D eigenvalue weighted by Crippen LogP contribution is -2.29. The average Bonchev–Trinajstić information content (AvgIpc) is 2.56. The molecule has 2 aromatic carbocycles. The number of nitrogens with one attached hydrogen (secondary N) is 1. The molecule has 3 rings (SSSR count). The summed E-state index contributed by atoms with van der Waals surface area (Å²) in [5.74, 6) is -0.619. The maximum Gasteiger partial charge on any atom is 0.337 e. The number of nitrogens with zero attached hydrogens (tertiary/aromatic N) is 1. The number of hydrogen-bond acceptors (Lipinski definition) is 5. The van der Waals surface area contributed by atoms with Gasteiger partial charge < -0.3 is 14.7 Å². The molecule has 0 aliphatic carbocycles. The molecule has 1 aliphatic heterocycles. The Kier molecular flexibility index (Phi) is 4.49. The first-order valence-electron chi connectivity index (χ1n) is 7.31. The van der Waals surface area contributed by atoms with E-state index in [1.165, 1.54) is 30.3 Å². The second-order valence-electron chi connectivity index (χ2n) is 5.50. The molecule has 0 saturated heterocycles. The minimum atomic E-state index is -3.89. The van der Waals surface area contributed by atoms with Crippen molar-refractivity contribution in [1.29, 1.82) is 0 Å². The smallest absolute Gasteiger partial charge is 0.337 e. The van der Waals surface area contributed by atoms with Crippen LogP contribution in [0.5, 0.6) is 5.75 Å². The van der Waals surface area contributed by atoms with Crippen molar-refractivity contribution in [3.63, 3.8) is 0 Å². The normalized spacial score (nSPS) is 13.8. The van der Waals surface area contributed by atoms with E-state index in [0.29, 0.717) is 24.6 Å². The summed E-state index contributed by atoms with van der Waals surface area (Å²) >= 11 is 5.80. The molecule has 0 atom stereocenters. The Hall–Kier alpha value is -2.45. The summed E-state index contributed by atoms with van der Waals surface area (Å²) in [5, 5.41) is 9.12. The monoisotopic (exact) mass is 382 g/mol. The summed E-state index contributed by atoms with van der Waals surface area (Å²) in [6.07, 6.45) is 0. The van der Waals surface area contributed by atoms with Gasteiger partial charge in [0.1, 0.15) is 12.4 Å². The van der Waals surface area contributed by atoms with E-state index in [9.17, 15) is 13.2 Å². The Bertz CT molecular complexity index is 946. The van der Waals surface area contributed by atoms with E-state index >= 15 is 0 Å². The summed E-state index contributed by atoms with van der Waals surface area (Å²) in [5.41, 5.74) is 0.612. The minimum Gasteiger partial charge on any atom is -0.490 e. The first-order valence-corrected chi connectivity index (χ1v) is 9.18. The number of halogens is 1. The van der Waals surface area contributed by atoms with Crippen molar-refractivity contribution in [2.45, 2.75) is 4.90 Å². The molecule has 2 N–H and O–H groups in total. The van der Waals surface area contributed by atoms with Gasteiger partial charge in [-0.2, -0.15) is 0 Å². The number of aromatic carboxylic acids is 1. The second kappa shape index (κ2) is 6.45. The van der Waals surface area contributed by atoms with Crippen LogP contribution in [0.2, 0.25) is 5.02 Å². The SMILES string of the molecule is CN1CCOc2ccc(S(=O)(=O)Nc3ccc(Cl)c(C(=O)O)c3)cc21. The van der Waals surface area contributed by atoms with Crippen LogP contribution < -0.4 is 14.4 Å². The van der Waals surface area contributed by atoms with Crippen LogP contribution in [0.1, 0.15) is 10.4 Å². The molecule has 0 spiro atoms. The van der Waals surface area contributed by atoms with Crippen LogP contribution in [-0.2, 0) is 10.0 Å². The molecule has 0 aromatic heterocycles. The van der Waals surface area contributed by atoms with Crippen LogP contribution in [-0.4, -0.2) is 39.7 Å². The number of benzene rings is 2. The number of rotatable bonds is 4. The summed E-state index contributed by atoms with van der Waals surface area (Å²) < 4.78 is 33.1. The number of carboxylic acid groups (broad SMARTS) is 1. The van der Waals surface area contributed by atoms with Crippen molar-refractivity contribution >= 4 is 39.0 Å². The van der Waals surface area contributed by atoms with Crippen molar-refractivity contribution < 1.29 is 23.1 Å². The first-order chi connectivity index (χ1) is 11.8. The van der Waals surface area contributed by atoms with Crippen LogP contribution >= 0.6 is 11.6 Å². The van der Waals surface area contributed by atoms with Crippen molar-refractivity contribution in [2.75, 3.05) is 29.8 Å². The maximum atomic E-state index is 12.6. The van der Waals surface area contributed by atoms with Crippen LogP contribution in [0.3, 0.4) is 0 Å². The predicted octanol–water partition coefficient (Wildman–Crippen LogP) is 2.67. The lowest BCUT2D eigenvalue weighted by molar-refractivity contribution is 0.0697. The average molecular weight is 383 g/mol. The lowest BCUT2D eigenvalue weighted by Gasteiger charge is -2.28. The lowest BCUT2D eigenvalue weighted by atomic mass is 10.2. The molecule has 0 amide bonds. The zero-order chi connectivity index (χ0) is 18.2. The molecule has 0 fully saturated rings. The van der Waals surface area contributed by atoms with Gasteiger partial charge in [0, 0.05) is 12.7 Å². The van der Waals surface area contributed by atoms with Crippen LogP contribution in [0.25, 0.3) is 0 Å². The van der Waals surface area contributed by atoms with Gasteiger partial charge in [-0.1, -0.05) is 11.6 Å². The van der Waals surface area contributed by atoms with Gasteiger partial charge in [0.25, 0.3) is 10.0 Å². The van der Waals surface area contributed by atoms with E-state index in [1.54, 1.807) is 6.07 Å². The highest BCUT2D eigenvalue weighted by molar-refractivity contribution is 7.92. The molecule has 0 saturated carbocycles. The van der Waals surface area contributed by atoms with Gasteiger partial charge in [-0.25, -0.2) is 13.2 Å². The van der Waals surface area contributed by atoms with Gasteiger partial charge >= 0.3 is 5.97 Å². The quantitative estimate of drug-likeness (QED) is 0.844. The fourth-order valence-corrected chi connectivity index (χ4v) is 3.73. The largest absolute Gasteiger partial charge is 0.490 e. The van der Waals surface area contributed by atoms with Gasteiger partial charge in [-0.05, 0) is 36.4 Å². The first kappa shape index (κ1) is 17.4. The van der Waals surface area contributed by atoms with Crippen molar-refractivity contribution in [3.05, 3.63) is 47.0 Å². The number of anilines is 2. The molecule has 2 aromatic rings. The predicted molar refractivity (Wildman–Crippen MR) is 94.4 cm³/mol. The summed E-state index contributed by atoms with van der Waals surface area (Å²) in [7, 11) is -2.04. The minimum absolute atomic E-state index is 0.0306. The van der Waals surface area contributed by atoms with Gasteiger partial charge in [0.05, 0.1) is 27.7 Å². The third-order valence-electron chi connectivity index (χ3n) is 3.79. The number of ether oxygens (including phenoxy) is 1. The molecule has 9 heteroatoms. The maximum absolute atomic E-state index is 12.6. The number of carbonyl (C=O) groups is 1. The number of carboxylic acids is 1. The summed E-state index contributed by atoms with van der Waals surface area (Å²) in [6.45, 7) is 1.19. The zero-order valence-corrected chi connectivity index (χ0v) is 14.8. The van der Waals surface area contributed by atoms with Gasteiger partial charge in [0.2, 0.25) is 0 Å². The van der Waals surface area contributed by atoms with Crippen LogP contribution in [0.15, 0.2) is 41.3 Å². The van der Waals surface area contributed by atoms with E-state index in [4.69, 9.17) is 21.4 Å². The molecule has 1 aliphatic rings. The molecule has 0 unspecified atom stereocenters. The topological polar surface area (TPSA) is 95.9 Å². The van der Waals surface area contributed by atoms with Crippen molar-refractivity contribution in [3.8, 4) is 5.75 Å². The fraction of sp³-hybridized carbons (Fsp3) is 0.188. The number of hydrogen-bond donors (Lipinski definition) is 2. The number of fused-ring (bicyclic) bond motifs is 1. The third-order valence-corrected chi connectivity index (χ3v) is 5.49. The second-order valence-corrected chi connectivity index (χ2v) is 7.59. The van der Waals surface area contributed by atoms with Crippen molar-refractivity contribution in [1.82, 2.24) is 0 Å². The number of likely N-dealkylation sites (N-methyl/N-ethyl adjacent to an activating group) is 1. The Morgan fingerprint density at radius 1 is 1.28 bits per heavy atom. The Balaban J connectivity index is 1.94. The third kappa shape index (κ3) is 3.49. The molecular formula is C16H15ClN2O5S. The highest BCUT2D eigenvalue weighted by Gasteiger charge is 2.21. The highest BCUT2D eigenvalue weighted by Crippen LogP contribution is 2.33. The van der Waals surface area contributed by atoms with Gasteiger partial charge in [-0.3, -0.25) is 4.72 Å². The van der Waals surface area contributed by atoms with E-state index in [0.717, 1.165) is 0 Å². The van der Waals surface area contributed by atoms with Crippen molar-refractivity contribution in [2.24, 2.45) is 0 Å². The van der Waals surface area contributed by atoms with Gasteiger partial charge in [-0.15, -0.1) is 0 Å². The highest BCUT2D eigenvalue weighted by atomic mass is 35.5. The molecule has 1 heterocycles. The summed E-state index contributed by atoms with van der Waals surface area (Å²) in [6, 6.07) is 8.47. The Labute approximate surface area is 149 Å². The molecular weight excluding hydrogens is 368 g/mol.